The minimum absolute atomic E-state index is 0.321. The maximum atomic E-state index is 11.4. The Morgan fingerprint density at radius 1 is 1.37 bits per heavy atom. The second-order valence-corrected chi connectivity index (χ2v) is 7.04. The quantitative estimate of drug-likeness (QED) is 0.584. The maximum Gasteiger partial charge on any atom is 0.240 e. The zero-order valence-corrected chi connectivity index (χ0v) is 11.9. The van der Waals surface area contributed by atoms with Crippen molar-refractivity contribution in [3.63, 3.8) is 0 Å². The van der Waals surface area contributed by atoms with Crippen LogP contribution in [-0.2, 0) is 10.8 Å². The number of nitrogen functional groups attached to an aromatic ring is 1. The number of anilines is 2. The van der Waals surface area contributed by atoms with Crippen molar-refractivity contribution in [1.82, 2.24) is 9.97 Å². The van der Waals surface area contributed by atoms with E-state index in [4.69, 9.17) is 5.84 Å². The number of nitrogens with one attached hydrogen (secondary N) is 2. The van der Waals surface area contributed by atoms with E-state index in [0.717, 1.165) is 40.4 Å². The topological polar surface area (TPSA) is 92.9 Å². The molecule has 0 saturated carbocycles. The first kappa shape index (κ1) is 12.8. The summed E-state index contributed by atoms with van der Waals surface area (Å²) in [5, 5.41) is 6.43. The van der Waals surface area contributed by atoms with Crippen LogP contribution in [0.4, 0.5) is 11.8 Å². The number of aromatic nitrogens is 2. The van der Waals surface area contributed by atoms with E-state index in [1.165, 1.54) is 0 Å². The first-order chi connectivity index (χ1) is 9.26. The summed E-state index contributed by atoms with van der Waals surface area (Å²) < 4.78 is 11.4. The summed E-state index contributed by atoms with van der Waals surface area (Å²) in [5.74, 6) is 8.13. The Hall–Kier alpha value is -1.25. The first-order valence-corrected chi connectivity index (χ1v) is 8.46. The minimum atomic E-state index is -0.647. The van der Waals surface area contributed by atoms with Gasteiger partial charge in [-0.25, -0.2) is 10.8 Å². The fourth-order valence-electron chi connectivity index (χ4n) is 2.16. The third-order valence-corrected chi connectivity index (χ3v) is 5.37. The minimum Gasteiger partial charge on any atom is -0.367 e. The fourth-order valence-corrected chi connectivity index (χ4v) is 4.22. The number of hydrazine groups is 1. The molecule has 1 aliphatic heterocycles. The number of thiophene rings is 1. The van der Waals surface area contributed by atoms with Gasteiger partial charge in [-0.2, -0.15) is 4.98 Å². The van der Waals surface area contributed by atoms with E-state index in [2.05, 4.69) is 20.7 Å². The lowest BCUT2D eigenvalue weighted by atomic mass is 10.1. The van der Waals surface area contributed by atoms with Crippen molar-refractivity contribution in [2.45, 2.75) is 18.9 Å². The van der Waals surface area contributed by atoms with Crippen molar-refractivity contribution in [2.75, 3.05) is 22.2 Å². The van der Waals surface area contributed by atoms with Gasteiger partial charge in [0.25, 0.3) is 0 Å². The van der Waals surface area contributed by atoms with Crippen LogP contribution in [0.15, 0.2) is 11.4 Å². The molecule has 3 rings (SSSR count). The van der Waals surface area contributed by atoms with E-state index in [1.54, 1.807) is 11.3 Å². The highest BCUT2D eigenvalue weighted by molar-refractivity contribution is 7.85. The lowest BCUT2D eigenvalue weighted by molar-refractivity contribution is 0.623. The van der Waals surface area contributed by atoms with Crippen molar-refractivity contribution >= 4 is 44.1 Å². The van der Waals surface area contributed by atoms with Crippen LogP contribution >= 0.6 is 11.3 Å². The number of hydrogen-bond donors (Lipinski definition) is 3. The molecule has 1 fully saturated rings. The van der Waals surface area contributed by atoms with Crippen molar-refractivity contribution in [1.29, 1.82) is 0 Å². The molecule has 0 aromatic carbocycles. The summed E-state index contributed by atoms with van der Waals surface area (Å²) in [4.78, 5) is 9.59. The standard InChI is InChI=1S/C11H15N5OS2/c12-16-11-14-9(8-1-4-18-10(8)15-11)13-7-2-5-19(17)6-3-7/h1,4,7H,2-3,5-6,12H2,(H2,13,14,15,16). The van der Waals surface area contributed by atoms with Gasteiger partial charge in [-0.1, -0.05) is 0 Å². The molecule has 1 aliphatic rings. The molecule has 0 amide bonds. The molecule has 0 spiro atoms. The van der Waals surface area contributed by atoms with Gasteiger partial charge in [0.1, 0.15) is 10.6 Å². The van der Waals surface area contributed by atoms with Gasteiger partial charge in [0, 0.05) is 28.3 Å². The molecular weight excluding hydrogens is 282 g/mol. The van der Waals surface area contributed by atoms with Gasteiger partial charge in [0.05, 0.1) is 5.39 Å². The van der Waals surface area contributed by atoms with Gasteiger partial charge in [-0.3, -0.25) is 9.63 Å². The lowest BCUT2D eigenvalue weighted by Crippen LogP contribution is -2.30. The predicted molar refractivity (Wildman–Crippen MR) is 79.7 cm³/mol. The van der Waals surface area contributed by atoms with Crippen molar-refractivity contribution in [3.05, 3.63) is 11.4 Å². The molecule has 3 heterocycles. The maximum absolute atomic E-state index is 11.4. The summed E-state index contributed by atoms with van der Waals surface area (Å²) >= 11 is 1.56. The van der Waals surface area contributed by atoms with Crippen LogP contribution < -0.4 is 16.6 Å². The highest BCUT2D eigenvalue weighted by atomic mass is 32.2. The Labute approximate surface area is 117 Å². The number of nitrogens with zero attached hydrogens (tertiary/aromatic N) is 2. The molecule has 2 aromatic heterocycles. The molecule has 4 N–H and O–H groups in total. The molecule has 6 nitrogen and oxygen atoms in total. The largest absolute Gasteiger partial charge is 0.367 e. The second kappa shape index (κ2) is 5.40. The smallest absolute Gasteiger partial charge is 0.240 e. The van der Waals surface area contributed by atoms with Crippen LogP contribution in [0, 0.1) is 0 Å². The second-order valence-electron chi connectivity index (χ2n) is 4.45. The van der Waals surface area contributed by atoms with Crippen LogP contribution in [0.3, 0.4) is 0 Å². The Morgan fingerprint density at radius 3 is 2.89 bits per heavy atom. The van der Waals surface area contributed by atoms with Gasteiger partial charge in [0.2, 0.25) is 5.95 Å². The average Bonchev–Trinajstić information content (AvgIpc) is 2.89. The Bertz CT molecular complexity index is 604. The van der Waals surface area contributed by atoms with Gasteiger partial charge in [-0.15, -0.1) is 11.3 Å². The molecule has 2 aromatic rings. The zero-order chi connectivity index (χ0) is 13.2. The monoisotopic (exact) mass is 297 g/mol. The molecule has 102 valence electrons. The summed E-state index contributed by atoms with van der Waals surface area (Å²) in [7, 11) is -0.647. The van der Waals surface area contributed by atoms with Crippen LogP contribution in [0.2, 0.25) is 0 Å². The Kier molecular flexibility index (Phi) is 3.63. The molecule has 8 heteroatoms. The molecular formula is C11H15N5OS2. The van der Waals surface area contributed by atoms with Crippen LogP contribution in [-0.4, -0.2) is 31.7 Å². The zero-order valence-electron chi connectivity index (χ0n) is 10.3. The highest BCUT2D eigenvalue weighted by Crippen LogP contribution is 2.27. The van der Waals surface area contributed by atoms with E-state index in [9.17, 15) is 4.21 Å². The predicted octanol–water partition coefficient (Wildman–Crippen LogP) is 1.30. The number of hydrogen-bond acceptors (Lipinski definition) is 7. The third kappa shape index (κ3) is 2.70. The summed E-state index contributed by atoms with van der Waals surface area (Å²) in [6.07, 6.45) is 1.82. The van der Waals surface area contributed by atoms with E-state index in [1.807, 2.05) is 11.4 Å². The third-order valence-electron chi connectivity index (χ3n) is 3.18. The van der Waals surface area contributed by atoms with Gasteiger partial charge >= 0.3 is 0 Å². The summed E-state index contributed by atoms with van der Waals surface area (Å²) in [5.41, 5.74) is 2.49. The normalized spacial score (nSPS) is 23.4. The van der Waals surface area contributed by atoms with E-state index < -0.39 is 10.8 Å². The fraction of sp³-hybridized carbons (Fsp3) is 0.455. The summed E-state index contributed by atoms with van der Waals surface area (Å²) in [6, 6.07) is 2.32. The van der Waals surface area contributed by atoms with Gasteiger partial charge < -0.3 is 5.32 Å². The van der Waals surface area contributed by atoms with E-state index in [0.29, 0.717) is 12.0 Å². The Balaban J connectivity index is 1.87. The molecule has 0 unspecified atom stereocenters. The molecule has 0 atom stereocenters. The summed E-state index contributed by atoms with van der Waals surface area (Å²) in [6.45, 7) is 0. The van der Waals surface area contributed by atoms with Crippen LogP contribution in [0.5, 0.6) is 0 Å². The SMILES string of the molecule is NNc1nc(NC2CCS(=O)CC2)c2ccsc2n1. The lowest BCUT2D eigenvalue weighted by Gasteiger charge is -2.23. The first-order valence-electron chi connectivity index (χ1n) is 6.09. The van der Waals surface area contributed by atoms with E-state index in [-0.39, 0.29) is 0 Å². The van der Waals surface area contributed by atoms with Crippen LogP contribution in [0.1, 0.15) is 12.8 Å². The molecule has 0 bridgehead atoms. The van der Waals surface area contributed by atoms with Gasteiger partial charge in [-0.05, 0) is 24.3 Å². The van der Waals surface area contributed by atoms with Crippen molar-refractivity contribution < 1.29 is 4.21 Å². The number of nitrogens with two attached hydrogens (primary N) is 1. The Morgan fingerprint density at radius 2 is 2.16 bits per heavy atom. The number of fused-ring (bicyclic) bond motifs is 1. The van der Waals surface area contributed by atoms with Crippen LogP contribution in [0.25, 0.3) is 10.2 Å². The van der Waals surface area contributed by atoms with E-state index >= 15 is 0 Å². The molecule has 19 heavy (non-hydrogen) atoms. The highest BCUT2D eigenvalue weighted by Gasteiger charge is 2.19. The average molecular weight is 297 g/mol. The van der Waals surface area contributed by atoms with Crippen molar-refractivity contribution in [2.24, 2.45) is 5.84 Å². The molecule has 1 saturated heterocycles. The van der Waals surface area contributed by atoms with Gasteiger partial charge in [0.15, 0.2) is 0 Å². The molecule has 0 aliphatic carbocycles. The molecule has 0 radical (unpaired) electrons. The van der Waals surface area contributed by atoms with Crippen molar-refractivity contribution in [3.8, 4) is 0 Å². The number of rotatable bonds is 3.